The Balaban J connectivity index is 3.10. The molecule has 1 rings (SSSR count). The second-order valence-corrected chi connectivity index (χ2v) is 4.78. The van der Waals surface area contributed by atoms with Crippen molar-refractivity contribution in [3.05, 3.63) is 24.0 Å². The molecule has 0 spiro atoms. The molecule has 4 nitrogen and oxygen atoms in total. The third kappa shape index (κ3) is 3.28. The standard InChI is InChI=1S/C11H15BFNO3/c1-11(2,3)10(15)14-9-7(12(16)17)5-4-6-8(9)13/h4-6,16-17H,1-3H3,(H,14,15). The number of hydrogen-bond donors (Lipinski definition) is 3. The number of anilines is 1. The van der Waals surface area contributed by atoms with E-state index in [1.807, 2.05) is 0 Å². The van der Waals surface area contributed by atoms with Crippen molar-refractivity contribution in [2.24, 2.45) is 5.41 Å². The molecule has 1 aromatic rings. The van der Waals surface area contributed by atoms with E-state index in [9.17, 15) is 9.18 Å². The number of halogens is 1. The molecule has 0 atom stereocenters. The molecule has 0 radical (unpaired) electrons. The van der Waals surface area contributed by atoms with Crippen LogP contribution in [0, 0.1) is 11.2 Å². The molecular formula is C11H15BFNO3. The van der Waals surface area contributed by atoms with Gasteiger partial charge in [-0.3, -0.25) is 4.79 Å². The van der Waals surface area contributed by atoms with Crippen LogP contribution in [0.25, 0.3) is 0 Å². The highest BCUT2D eigenvalue weighted by molar-refractivity contribution is 6.60. The van der Waals surface area contributed by atoms with Crippen LogP contribution in [-0.4, -0.2) is 23.1 Å². The van der Waals surface area contributed by atoms with Gasteiger partial charge in [-0.1, -0.05) is 32.9 Å². The summed E-state index contributed by atoms with van der Waals surface area (Å²) < 4.78 is 13.5. The summed E-state index contributed by atoms with van der Waals surface area (Å²) in [6.07, 6.45) is 0. The van der Waals surface area contributed by atoms with Crippen molar-refractivity contribution in [1.82, 2.24) is 0 Å². The summed E-state index contributed by atoms with van der Waals surface area (Å²) in [5.41, 5.74) is -0.954. The first-order valence-corrected chi connectivity index (χ1v) is 5.19. The van der Waals surface area contributed by atoms with E-state index in [0.29, 0.717) is 0 Å². The molecule has 0 saturated carbocycles. The zero-order chi connectivity index (χ0) is 13.2. The number of hydrogen-bond acceptors (Lipinski definition) is 3. The molecule has 3 N–H and O–H groups in total. The molecule has 0 aromatic heterocycles. The highest BCUT2D eigenvalue weighted by Gasteiger charge is 2.25. The topological polar surface area (TPSA) is 69.6 Å². The smallest absolute Gasteiger partial charge is 0.423 e. The fourth-order valence-corrected chi connectivity index (χ4v) is 1.19. The van der Waals surface area contributed by atoms with Crippen LogP contribution >= 0.6 is 0 Å². The van der Waals surface area contributed by atoms with E-state index in [1.165, 1.54) is 12.1 Å². The van der Waals surface area contributed by atoms with Gasteiger partial charge in [0.1, 0.15) is 5.82 Å². The summed E-state index contributed by atoms with van der Waals surface area (Å²) in [4.78, 5) is 11.7. The fraction of sp³-hybridized carbons (Fsp3) is 0.364. The summed E-state index contributed by atoms with van der Waals surface area (Å²) in [6, 6.07) is 3.83. The first kappa shape index (κ1) is 13.7. The lowest BCUT2D eigenvalue weighted by atomic mass is 9.78. The SMILES string of the molecule is CC(C)(C)C(=O)Nc1c(F)cccc1B(O)O. The number of nitrogens with one attached hydrogen (secondary N) is 1. The van der Waals surface area contributed by atoms with Crippen LogP contribution in [0.15, 0.2) is 18.2 Å². The van der Waals surface area contributed by atoms with Crippen molar-refractivity contribution >= 4 is 24.2 Å². The molecule has 0 unspecified atom stereocenters. The molecule has 6 heteroatoms. The van der Waals surface area contributed by atoms with Crippen molar-refractivity contribution in [3.63, 3.8) is 0 Å². The van der Waals surface area contributed by atoms with Gasteiger partial charge in [-0.15, -0.1) is 0 Å². The number of benzene rings is 1. The van der Waals surface area contributed by atoms with Gasteiger partial charge in [0, 0.05) is 10.9 Å². The summed E-state index contributed by atoms with van der Waals surface area (Å²) >= 11 is 0. The highest BCUT2D eigenvalue weighted by Crippen LogP contribution is 2.18. The fourth-order valence-electron chi connectivity index (χ4n) is 1.19. The molecule has 0 aliphatic rings. The molecule has 92 valence electrons. The summed E-state index contributed by atoms with van der Waals surface area (Å²) in [5, 5.41) is 20.5. The van der Waals surface area contributed by atoms with E-state index in [0.717, 1.165) is 6.07 Å². The lowest BCUT2D eigenvalue weighted by Crippen LogP contribution is -2.37. The van der Waals surface area contributed by atoms with Gasteiger partial charge in [-0.05, 0) is 6.07 Å². The molecule has 1 amide bonds. The van der Waals surface area contributed by atoms with Gasteiger partial charge in [-0.25, -0.2) is 4.39 Å². The molecule has 0 saturated heterocycles. The molecule has 0 fully saturated rings. The highest BCUT2D eigenvalue weighted by atomic mass is 19.1. The molecule has 0 heterocycles. The quantitative estimate of drug-likeness (QED) is 0.658. The average Bonchev–Trinajstić information content (AvgIpc) is 2.18. The largest absolute Gasteiger partial charge is 0.490 e. The molecule has 0 aliphatic heterocycles. The van der Waals surface area contributed by atoms with Crippen LogP contribution in [0.2, 0.25) is 0 Å². The van der Waals surface area contributed by atoms with Gasteiger partial charge in [0.05, 0.1) is 5.69 Å². The Morgan fingerprint density at radius 2 is 1.94 bits per heavy atom. The maximum atomic E-state index is 13.5. The van der Waals surface area contributed by atoms with E-state index in [2.05, 4.69) is 5.32 Å². The third-order valence-corrected chi connectivity index (χ3v) is 2.24. The third-order valence-electron chi connectivity index (χ3n) is 2.24. The molecular weight excluding hydrogens is 224 g/mol. The Labute approximate surface area is 99.6 Å². The van der Waals surface area contributed by atoms with Gasteiger partial charge in [0.2, 0.25) is 5.91 Å². The predicted molar refractivity (Wildman–Crippen MR) is 64.3 cm³/mol. The second kappa shape index (κ2) is 4.85. The van der Waals surface area contributed by atoms with Gasteiger partial charge in [-0.2, -0.15) is 0 Å². The maximum absolute atomic E-state index is 13.5. The number of para-hydroxylation sites is 1. The van der Waals surface area contributed by atoms with Crippen molar-refractivity contribution in [2.75, 3.05) is 5.32 Å². The van der Waals surface area contributed by atoms with Crippen LogP contribution in [0.1, 0.15) is 20.8 Å². The number of rotatable bonds is 2. The lowest BCUT2D eigenvalue weighted by Gasteiger charge is -2.19. The summed E-state index contributed by atoms with van der Waals surface area (Å²) in [7, 11) is -1.83. The monoisotopic (exact) mass is 239 g/mol. The Bertz CT molecular complexity index is 429. The molecule has 1 aromatic carbocycles. The van der Waals surface area contributed by atoms with Gasteiger partial charge < -0.3 is 15.4 Å². The number of carbonyl (C=O) groups is 1. The van der Waals surface area contributed by atoms with Crippen molar-refractivity contribution in [3.8, 4) is 0 Å². The van der Waals surface area contributed by atoms with E-state index >= 15 is 0 Å². The normalized spacial score (nSPS) is 11.2. The molecule has 17 heavy (non-hydrogen) atoms. The minimum atomic E-state index is -1.83. The van der Waals surface area contributed by atoms with Crippen molar-refractivity contribution in [2.45, 2.75) is 20.8 Å². The Kier molecular flexibility index (Phi) is 3.90. The van der Waals surface area contributed by atoms with Gasteiger partial charge in [0.15, 0.2) is 0 Å². The Morgan fingerprint density at radius 3 is 2.41 bits per heavy atom. The zero-order valence-corrected chi connectivity index (χ0v) is 9.99. The van der Waals surface area contributed by atoms with Crippen LogP contribution in [0.5, 0.6) is 0 Å². The number of carbonyl (C=O) groups excluding carboxylic acids is 1. The van der Waals surface area contributed by atoms with Crippen LogP contribution in [-0.2, 0) is 4.79 Å². The first-order valence-electron chi connectivity index (χ1n) is 5.19. The minimum Gasteiger partial charge on any atom is -0.423 e. The van der Waals surface area contributed by atoms with Gasteiger partial charge in [0.25, 0.3) is 0 Å². The van der Waals surface area contributed by atoms with Crippen molar-refractivity contribution < 1.29 is 19.2 Å². The Hall–Kier alpha value is -1.40. The molecule has 0 bridgehead atoms. The van der Waals surface area contributed by atoms with Crippen LogP contribution in [0.4, 0.5) is 10.1 Å². The second-order valence-electron chi connectivity index (χ2n) is 4.78. The minimum absolute atomic E-state index is 0.0670. The van der Waals surface area contributed by atoms with E-state index in [-0.39, 0.29) is 11.2 Å². The van der Waals surface area contributed by atoms with Crippen molar-refractivity contribution in [1.29, 1.82) is 0 Å². The lowest BCUT2D eigenvalue weighted by molar-refractivity contribution is -0.123. The van der Waals surface area contributed by atoms with Crippen LogP contribution in [0.3, 0.4) is 0 Å². The predicted octanol–water partition coefficient (Wildman–Crippen LogP) is 0.490. The van der Waals surface area contributed by atoms with Crippen LogP contribution < -0.4 is 10.8 Å². The maximum Gasteiger partial charge on any atom is 0.490 e. The van der Waals surface area contributed by atoms with E-state index < -0.39 is 24.3 Å². The number of amides is 1. The summed E-state index contributed by atoms with van der Waals surface area (Å²) in [5.74, 6) is -1.10. The summed E-state index contributed by atoms with van der Waals surface area (Å²) in [6.45, 7) is 5.04. The van der Waals surface area contributed by atoms with E-state index in [4.69, 9.17) is 10.0 Å². The zero-order valence-electron chi connectivity index (χ0n) is 9.99. The van der Waals surface area contributed by atoms with E-state index in [1.54, 1.807) is 20.8 Å². The first-order chi connectivity index (χ1) is 7.73. The molecule has 0 aliphatic carbocycles. The van der Waals surface area contributed by atoms with Gasteiger partial charge >= 0.3 is 7.12 Å². The Morgan fingerprint density at radius 1 is 1.35 bits per heavy atom. The average molecular weight is 239 g/mol.